The van der Waals surface area contributed by atoms with E-state index in [1.54, 1.807) is 88.8 Å². The van der Waals surface area contributed by atoms with E-state index in [4.69, 9.17) is 48.4 Å². The van der Waals surface area contributed by atoms with E-state index in [2.05, 4.69) is 88.6 Å². The first kappa shape index (κ1) is 97.1. The molecule has 8 aliphatic heterocycles. The molecule has 0 aliphatic carbocycles. The number of benzene rings is 5. The standard InChI is InChI=1S/C29H28BrFN4O5S.2C21H21BrFN3O4S2.C18H15BrFN3O2S/c1-4-40-29(37)24-22-15-34(14-17-5-8-19(38-2)9-6-17)16-23(28(36)39-3)35(22)26(27-32-11-12-41-27)33-25(24)20-10-7-18(31)13-21(20)30;2*1-3-30-21(27)17-16-8-12(11-32(2,28)29)10-26(16)19(20-24-6-7-31-20)25-18(17)14-5-4-13(23)9-15(14)22;1-2-25-18(24)14-13-5-7-23(13)16(17-21-6-8-26-17)22-15(14)11-4-3-10(20)9-12(11)19/h5-13,23,25H,4,14-16H2,1-3H3;2*4-7,9,12,18H,3,8,10-11H2,1-2H3;3-4,6,8-9,15H,2,5,7H2,1H3/t23-,25-;12-,18+;12-,18-;/m010./s1. The molecule has 4 aromatic heterocycles. The smallest absolute Gasteiger partial charge is 0.338 e. The van der Waals surface area contributed by atoms with Crippen LogP contribution in [0, 0.1) is 35.1 Å². The number of rotatable bonds is 24. The molecule has 1 unspecified atom stereocenters. The maximum absolute atomic E-state index is 14.1. The van der Waals surface area contributed by atoms with Crippen LogP contribution in [0.1, 0.15) is 119 Å². The fourth-order valence-corrected chi connectivity index (χ4v) is 23.5. The number of hydrogen-bond acceptors (Lipinski definition) is 32. The quantitative estimate of drug-likeness (QED) is 0.0308. The van der Waals surface area contributed by atoms with Gasteiger partial charge in [0.25, 0.3) is 0 Å². The van der Waals surface area contributed by atoms with Crippen LogP contribution in [0.4, 0.5) is 17.6 Å². The third kappa shape index (κ3) is 22.1. The predicted octanol–water partition coefficient (Wildman–Crippen LogP) is 16.3. The van der Waals surface area contributed by atoms with Crippen molar-refractivity contribution in [3.05, 3.63) is 277 Å². The molecule has 4 fully saturated rings. The number of ether oxygens (including phenoxy) is 6. The highest BCUT2D eigenvalue weighted by Gasteiger charge is 2.50. The molecule has 0 amide bonds. The maximum atomic E-state index is 14.1. The minimum Gasteiger partial charge on any atom is -0.497 e. The number of methoxy groups -OCH3 is 2. The van der Waals surface area contributed by atoms with E-state index in [1.165, 1.54) is 113 Å². The van der Waals surface area contributed by atoms with Gasteiger partial charge in [-0.3, -0.25) is 24.9 Å². The first-order chi connectivity index (χ1) is 62.8. The lowest BCUT2D eigenvalue weighted by Crippen LogP contribution is -2.59. The van der Waals surface area contributed by atoms with E-state index in [9.17, 15) is 58.4 Å². The molecule has 0 radical (unpaired) electrons. The molecule has 17 rings (SSSR count). The zero-order valence-corrected chi connectivity index (χ0v) is 82.7. The first-order valence-corrected chi connectivity index (χ1v) is 51.8. The van der Waals surface area contributed by atoms with Gasteiger partial charge in [-0.25, -0.2) is 78.3 Å². The molecular weight excluding hydrogens is 2080 g/mol. The van der Waals surface area contributed by atoms with Crippen molar-refractivity contribution >= 4 is 182 Å². The van der Waals surface area contributed by atoms with Crippen LogP contribution in [-0.4, -0.2) is 218 Å². The number of carbonyl (C=O) groups is 5. The van der Waals surface area contributed by atoms with E-state index in [-0.39, 0.29) is 67.1 Å². The Hall–Kier alpha value is -9.89. The van der Waals surface area contributed by atoms with E-state index in [0.29, 0.717) is 146 Å². The molecule has 131 heavy (non-hydrogen) atoms. The van der Waals surface area contributed by atoms with Crippen LogP contribution in [0.3, 0.4) is 0 Å². The third-order valence-corrected chi connectivity index (χ3v) is 29.7. The summed E-state index contributed by atoms with van der Waals surface area (Å²) in [4.78, 5) is 113. The Kier molecular flexibility index (Phi) is 31.6. The normalized spacial score (nSPS) is 19.9. The molecule has 0 spiro atoms. The van der Waals surface area contributed by atoms with Gasteiger partial charge in [0.1, 0.15) is 78.9 Å². The number of carbonyl (C=O) groups excluding carboxylic acids is 5. The van der Waals surface area contributed by atoms with Crippen LogP contribution in [0.2, 0.25) is 0 Å². The summed E-state index contributed by atoms with van der Waals surface area (Å²) in [6, 6.07) is 21.1. The molecule has 5 aromatic carbocycles. The number of aliphatic imine (C=N–C) groups is 4. The van der Waals surface area contributed by atoms with Gasteiger partial charge in [-0.15, -0.1) is 45.3 Å². The number of nitrogens with zero attached hydrogens (tertiary/aromatic N) is 13. The minimum absolute atomic E-state index is 0.000830. The molecular formula is C89H85Br4F4N13O15S6. The van der Waals surface area contributed by atoms with Crippen molar-refractivity contribution in [1.29, 1.82) is 0 Å². The molecule has 9 aromatic rings. The summed E-state index contributed by atoms with van der Waals surface area (Å²) < 4.78 is 137. The molecule has 42 heteroatoms. The molecule has 0 saturated carbocycles. The predicted molar refractivity (Wildman–Crippen MR) is 503 cm³/mol. The van der Waals surface area contributed by atoms with E-state index < -0.39 is 91.2 Å². The van der Waals surface area contributed by atoms with Gasteiger partial charge < -0.3 is 48.0 Å². The van der Waals surface area contributed by atoms with Gasteiger partial charge in [-0.1, -0.05) is 100 Å². The van der Waals surface area contributed by atoms with Gasteiger partial charge in [0, 0.05) is 145 Å². The number of sulfone groups is 2. The summed E-state index contributed by atoms with van der Waals surface area (Å²) in [5.74, 6) is -1.42. The number of allylic oxidation sites excluding steroid dienone is 2. The zero-order chi connectivity index (χ0) is 93.4. The second kappa shape index (κ2) is 42.6. The number of thiazole rings is 4. The van der Waals surface area contributed by atoms with E-state index >= 15 is 0 Å². The molecule has 0 bridgehead atoms. The lowest BCUT2D eigenvalue weighted by Gasteiger charge is -2.46. The zero-order valence-electron chi connectivity index (χ0n) is 71.4. The lowest BCUT2D eigenvalue weighted by atomic mass is 9.90. The largest absolute Gasteiger partial charge is 0.497 e. The van der Waals surface area contributed by atoms with Gasteiger partial charge in [0.05, 0.1) is 74.4 Å². The molecule has 4 saturated heterocycles. The van der Waals surface area contributed by atoms with Crippen molar-refractivity contribution in [2.24, 2.45) is 31.8 Å². The summed E-state index contributed by atoms with van der Waals surface area (Å²) >= 11 is 19.3. The molecule has 12 heterocycles. The number of halogens is 8. The highest BCUT2D eigenvalue weighted by molar-refractivity contribution is 9.11. The second-order valence-corrected chi connectivity index (χ2v) is 42.0. The number of amidine groups is 4. The van der Waals surface area contributed by atoms with Crippen molar-refractivity contribution in [3.63, 3.8) is 0 Å². The van der Waals surface area contributed by atoms with Crippen molar-refractivity contribution < 1.29 is 86.8 Å². The number of esters is 5. The fraction of sp³-hybridized carbons (Fsp3) is 0.337. The van der Waals surface area contributed by atoms with Gasteiger partial charge in [-0.2, -0.15) is 0 Å². The molecule has 8 aliphatic rings. The minimum atomic E-state index is -3.21. The number of fused-ring (bicyclic) bond motifs is 4. The second-order valence-electron chi connectivity index (χ2n) is 30.6. The van der Waals surface area contributed by atoms with Crippen LogP contribution in [0.5, 0.6) is 5.75 Å². The van der Waals surface area contributed by atoms with Gasteiger partial charge in [0.2, 0.25) is 0 Å². The third-order valence-electron chi connectivity index (χ3n) is 21.8. The molecule has 28 nitrogen and oxygen atoms in total. The molecule has 7 atom stereocenters. The summed E-state index contributed by atoms with van der Waals surface area (Å²) in [5.41, 5.74) is 7.83. The lowest BCUT2D eigenvalue weighted by molar-refractivity contribution is -0.147. The van der Waals surface area contributed by atoms with Crippen LogP contribution in [-0.2, 0) is 73.9 Å². The maximum Gasteiger partial charge on any atom is 0.338 e. The molecule has 688 valence electrons. The Balaban J connectivity index is 0.000000142. The first-order valence-electron chi connectivity index (χ1n) is 41.0. The fourth-order valence-electron chi connectivity index (χ4n) is 16.5. The average molecular weight is 2160 g/mol. The Labute approximate surface area is 802 Å². The van der Waals surface area contributed by atoms with Crippen LogP contribution in [0.15, 0.2) is 226 Å². The van der Waals surface area contributed by atoms with Crippen molar-refractivity contribution in [1.82, 2.24) is 44.4 Å². The summed E-state index contributed by atoms with van der Waals surface area (Å²) in [6.07, 6.45) is 10.7. The summed E-state index contributed by atoms with van der Waals surface area (Å²) in [5, 5.41) is 10.1. The van der Waals surface area contributed by atoms with Crippen molar-refractivity contribution in [2.45, 2.75) is 83.7 Å². The highest BCUT2D eigenvalue weighted by Crippen LogP contribution is 2.50. The van der Waals surface area contributed by atoms with E-state index in [0.717, 1.165) is 46.4 Å². The van der Waals surface area contributed by atoms with Crippen LogP contribution >= 0.6 is 109 Å². The summed E-state index contributed by atoms with van der Waals surface area (Å²) in [7, 11) is -3.48. The number of aromatic nitrogens is 4. The summed E-state index contributed by atoms with van der Waals surface area (Å²) in [6.45, 7) is 10.5. The Morgan fingerprint density at radius 1 is 0.443 bits per heavy atom. The van der Waals surface area contributed by atoms with E-state index in [1.807, 2.05) is 60.5 Å². The van der Waals surface area contributed by atoms with Crippen molar-refractivity contribution in [2.75, 3.05) is 97.4 Å². The Bertz CT molecular complexity index is 6160. The van der Waals surface area contributed by atoms with Crippen LogP contribution in [0.25, 0.3) is 0 Å². The SMILES string of the molecule is CCOC(=O)C1=C2CCN2C(c2nccs2)=NC1c1ccc(F)cc1Br.CCOC(=O)C1=C2CN(Cc3ccc(OC)cc3)C[C@@H](C(=O)OC)N2C(c2nccs2)=N[C@H]1c1ccc(F)cc1Br.CCOC(=O)C1=C2C[C@@H](CS(C)(=O)=O)CN2C(c2nccs2)=N[C@H]1c1ccc(F)cc1Br.CCOC(=O)C1=C2C[C@H](CS(C)(=O)=O)CN2C(c2nccs2)=N[C@H]1c1ccc(F)cc1Br. The van der Waals surface area contributed by atoms with Gasteiger partial charge in [-0.05, 0) is 141 Å². The Morgan fingerprint density at radius 2 is 0.779 bits per heavy atom. The highest BCUT2D eigenvalue weighted by atomic mass is 79.9. The number of hydrogen-bond donors (Lipinski definition) is 0. The van der Waals surface area contributed by atoms with Gasteiger partial charge in [0.15, 0.2) is 43.4 Å². The number of piperazine rings is 1. The van der Waals surface area contributed by atoms with Crippen molar-refractivity contribution in [3.8, 4) is 5.75 Å². The topological polar surface area (TPSA) is 326 Å². The molecule has 0 N–H and O–H groups in total. The van der Waals surface area contributed by atoms with Gasteiger partial charge >= 0.3 is 29.8 Å². The monoisotopic (exact) mass is 2160 g/mol. The van der Waals surface area contributed by atoms with Crippen LogP contribution < -0.4 is 4.74 Å². The Morgan fingerprint density at radius 3 is 1.08 bits per heavy atom. The average Bonchev–Trinajstić information content (AvgIpc) is 1.75.